The molecule has 0 atom stereocenters. The fraction of sp³-hybridized carbons (Fsp3) is 0.455. The molecular weight excluding hydrogens is 256 g/mol. The normalized spacial score (nSPS) is 11.3. The van der Waals surface area contributed by atoms with Crippen molar-refractivity contribution in [3.63, 3.8) is 0 Å². The van der Waals surface area contributed by atoms with E-state index in [0.717, 1.165) is 15.9 Å². The summed E-state index contributed by atoms with van der Waals surface area (Å²) in [5.74, 6) is 0.822. The van der Waals surface area contributed by atoms with Gasteiger partial charge in [-0.25, -0.2) is 0 Å². The van der Waals surface area contributed by atoms with Gasteiger partial charge in [-0.2, -0.15) is 0 Å². The van der Waals surface area contributed by atoms with Gasteiger partial charge in [0.2, 0.25) is 0 Å². The highest BCUT2D eigenvalue weighted by Gasteiger charge is 2.11. The van der Waals surface area contributed by atoms with E-state index in [9.17, 15) is 0 Å². The zero-order chi connectivity index (χ0) is 11.5. The number of halogens is 1. The van der Waals surface area contributed by atoms with E-state index in [4.69, 9.17) is 10.5 Å². The van der Waals surface area contributed by atoms with Crippen LogP contribution < -0.4 is 15.8 Å². The standard InChI is InChI=1S/C11H17BrN2O/c1-11(2,13)7-14-9-6-8(12)4-5-10(9)15-3/h4-6,14H,7,13H2,1-3H3. The van der Waals surface area contributed by atoms with Crippen LogP contribution in [0.3, 0.4) is 0 Å². The molecule has 0 amide bonds. The van der Waals surface area contributed by atoms with Crippen LogP contribution in [-0.4, -0.2) is 19.2 Å². The van der Waals surface area contributed by atoms with Gasteiger partial charge in [-0.1, -0.05) is 15.9 Å². The Bertz CT molecular complexity index is 334. The predicted molar refractivity (Wildman–Crippen MR) is 67.5 cm³/mol. The zero-order valence-corrected chi connectivity index (χ0v) is 10.9. The van der Waals surface area contributed by atoms with E-state index < -0.39 is 0 Å². The minimum atomic E-state index is -0.243. The number of methoxy groups -OCH3 is 1. The number of hydrogen-bond acceptors (Lipinski definition) is 3. The van der Waals surface area contributed by atoms with Crippen LogP contribution in [0.15, 0.2) is 22.7 Å². The lowest BCUT2D eigenvalue weighted by molar-refractivity contribution is 0.415. The Kier molecular flexibility index (Phi) is 3.99. The van der Waals surface area contributed by atoms with Gasteiger partial charge in [0.05, 0.1) is 12.8 Å². The molecule has 3 N–H and O–H groups in total. The Labute approximate surface area is 99.1 Å². The SMILES string of the molecule is COc1ccc(Br)cc1NCC(C)(C)N. The molecule has 0 saturated heterocycles. The number of rotatable bonds is 4. The molecule has 0 unspecified atom stereocenters. The highest BCUT2D eigenvalue weighted by molar-refractivity contribution is 9.10. The van der Waals surface area contributed by atoms with Gasteiger partial charge >= 0.3 is 0 Å². The maximum absolute atomic E-state index is 5.90. The molecule has 0 heterocycles. The molecule has 1 aromatic carbocycles. The maximum atomic E-state index is 5.90. The Balaban J connectivity index is 2.79. The highest BCUT2D eigenvalue weighted by atomic mass is 79.9. The summed E-state index contributed by atoms with van der Waals surface area (Å²) >= 11 is 3.42. The van der Waals surface area contributed by atoms with Gasteiger partial charge in [-0.05, 0) is 32.0 Å². The summed E-state index contributed by atoms with van der Waals surface area (Å²) in [5, 5.41) is 3.26. The van der Waals surface area contributed by atoms with Crippen molar-refractivity contribution in [3.8, 4) is 5.75 Å². The average Bonchev–Trinajstić information content (AvgIpc) is 2.14. The van der Waals surface area contributed by atoms with E-state index >= 15 is 0 Å². The summed E-state index contributed by atoms with van der Waals surface area (Å²) in [6.07, 6.45) is 0. The Morgan fingerprint density at radius 3 is 2.67 bits per heavy atom. The van der Waals surface area contributed by atoms with Crippen molar-refractivity contribution in [2.24, 2.45) is 5.73 Å². The van der Waals surface area contributed by atoms with Crippen molar-refractivity contribution >= 4 is 21.6 Å². The van der Waals surface area contributed by atoms with Crippen LogP contribution in [-0.2, 0) is 0 Å². The lowest BCUT2D eigenvalue weighted by atomic mass is 10.1. The van der Waals surface area contributed by atoms with Gasteiger partial charge in [0.1, 0.15) is 5.75 Å². The summed E-state index contributed by atoms with van der Waals surface area (Å²) in [6.45, 7) is 4.65. The van der Waals surface area contributed by atoms with Gasteiger partial charge < -0.3 is 15.8 Å². The smallest absolute Gasteiger partial charge is 0.142 e. The third-order valence-electron chi connectivity index (χ3n) is 1.90. The predicted octanol–water partition coefficient (Wildman–Crippen LogP) is 2.61. The number of anilines is 1. The molecule has 0 spiro atoms. The zero-order valence-electron chi connectivity index (χ0n) is 9.30. The number of nitrogens with one attached hydrogen (secondary N) is 1. The van der Waals surface area contributed by atoms with Crippen LogP contribution in [0.1, 0.15) is 13.8 Å². The molecule has 0 aliphatic carbocycles. The Hall–Kier alpha value is -0.740. The molecule has 15 heavy (non-hydrogen) atoms. The summed E-state index contributed by atoms with van der Waals surface area (Å²) < 4.78 is 6.26. The summed E-state index contributed by atoms with van der Waals surface area (Å²) in [6, 6.07) is 5.83. The van der Waals surface area contributed by atoms with Crippen molar-refractivity contribution in [2.45, 2.75) is 19.4 Å². The van der Waals surface area contributed by atoms with Crippen LogP contribution in [0.2, 0.25) is 0 Å². The van der Waals surface area contributed by atoms with Crippen LogP contribution in [0.4, 0.5) is 5.69 Å². The summed E-state index contributed by atoms with van der Waals surface area (Å²) in [5.41, 5.74) is 6.60. The second-order valence-corrected chi connectivity index (χ2v) is 5.10. The minimum absolute atomic E-state index is 0.243. The molecule has 0 saturated carbocycles. The molecule has 84 valence electrons. The first kappa shape index (κ1) is 12.3. The largest absolute Gasteiger partial charge is 0.495 e. The van der Waals surface area contributed by atoms with Crippen LogP contribution in [0, 0.1) is 0 Å². The van der Waals surface area contributed by atoms with E-state index in [0.29, 0.717) is 6.54 Å². The molecule has 0 radical (unpaired) electrons. The molecule has 4 heteroatoms. The lowest BCUT2D eigenvalue weighted by Gasteiger charge is -2.21. The fourth-order valence-corrected chi connectivity index (χ4v) is 1.50. The van der Waals surface area contributed by atoms with Gasteiger partial charge in [-0.3, -0.25) is 0 Å². The van der Waals surface area contributed by atoms with Crippen molar-refractivity contribution < 1.29 is 4.74 Å². The fourth-order valence-electron chi connectivity index (χ4n) is 1.14. The Morgan fingerprint density at radius 2 is 2.13 bits per heavy atom. The first-order valence-electron chi connectivity index (χ1n) is 4.79. The Morgan fingerprint density at radius 1 is 1.47 bits per heavy atom. The molecule has 0 aliphatic rings. The molecule has 3 nitrogen and oxygen atoms in total. The molecule has 1 rings (SSSR count). The van der Waals surface area contributed by atoms with Gasteiger partial charge in [0.15, 0.2) is 0 Å². The van der Waals surface area contributed by atoms with Crippen molar-refractivity contribution in [3.05, 3.63) is 22.7 Å². The van der Waals surface area contributed by atoms with Crippen LogP contribution in [0.5, 0.6) is 5.75 Å². The number of benzene rings is 1. The van der Waals surface area contributed by atoms with Gasteiger partial charge in [0.25, 0.3) is 0 Å². The van der Waals surface area contributed by atoms with E-state index in [1.54, 1.807) is 7.11 Å². The number of nitrogens with two attached hydrogens (primary N) is 1. The lowest BCUT2D eigenvalue weighted by Crippen LogP contribution is -2.39. The monoisotopic (exact) mass is 272 g/mol. The van der Waals surface area contributed by atoms with E-state index in [1.165, 1.54) is 0 Å². The molecule has 0 aliphatic heterocycles. The third-order valence-corrected chi connectivity index (χ3v) is 2.39. The van der Waals surface area contributed by atoms with E-state index in [-0.39, 0.29) is 5.54 Å². The van der Waals surface area contributed by atoms with E-state index in [2.05, 4.69) is 21.2 Å². The topological polar surface area (TPSA) is 47.3 Å². The molecule has 0 aromatic heterocycles. The quantitative estimate of drug-likeness (QED) is 0.886. The van der Waals surface area contributed by atoms with Gasteiger partial charge in [-0.15, -0.1) is 0 Å². The minimum Gasteiger partial charge on any atom is -0.495 e. The first-order chi connectivity index (χ1) is 6.92. The van der Waals surface area contributed by atoms with Crippen molar-refractivity contribution in [1.82, 2.24) is 0 Å². The summed E-state index contributed by atoms with van der Waals surface area (Å²) in [7, 11) is 1.65. The van der Waals surface area contributed by atoms with Crippen molar-refractivity contribution in [2.75, 3.05) is 19.0 Å². The highest BCUT2D eigenvalue weighted by Crippen LogP contribution is 2.27. The second kappa shape index (κ2) is 4.86. The van der Waals surface area contributed by atoms with E-state index in [1.807, 2.05) is 32.0 Å². The molecular formula is C11H17BrN2O. The molecule has 1 aromatic rings. The first-order valence-corrected chi connectivity index (χ1v) is 5.58. The molecule has 0 fully saturated rings. The number of ether oxygens (including phenoxy) is 1. The summed E-state index contributed by atoms with van der Waals surface area (Å²) in [4.78, 5) is 0. The van der Waals surface area contributed by atoms with Crippen molar-refractivity contribution in [1.29, 1.82) is 0 Å². The second-order valence-electron chi connectivity index (χ2n) is 4.19. The van der Waals surface area contributed by atoms with Crippen LogP contribution in [0.25, 0.3) is 0 Å². The average molecular weight is 273 g/mol. The van der Waals surface area contributed by atoms with Crippen LogP contribution >= 0.6 is 15.9 Å². The number of hydrogen-bond donors (Lipinski definition) is 2. The maximum Gasteiger partial charge on any atom is 0.142 e. The molecule has 0 bridgehead atoms. The third kappa shape index (κ3) is 4.10. The van der Waals surface area contributed by atoms with Gasteiger partial charge in [0, 0.05) is 16.6 Å².